The Kier molecular flexibility index (Phi) is 4.81. The van der Waals surface area contributed by atoms with Crippen molar-refractivity contribution >= 4 is 23.2 Å². The number of carbonyl (C=O) groups excluding carboxylic acids is 2. The lowest BCUT2D eigenvalue weighted by Gasteiger charge is -2.45. The van der Waals surface area contributed by atoms with Crippen LogP contribution in [0.4, 0.5) is 0 Å². The molecule has 0 bridgehead atoms. The van der Waals surface area contributed by atoms with Gasteiger partial charge in [0.15, 0.2) is 0 Å². The Bertz CT molecular complexity index is 765. The maximum atomic E-state index is 12.6. The molecule has 4 nitrogen and oxygen atoms in total. The van der Waals surface area contributed by atoms with Crippen LogP contribution in [-0.4, -0.2) is 40.2 Å². The first-order valence-corrected chi connectivity index (χ1v) is 10.2. The third-order valence-corrected chi connectivity index (χ3v) is 6.58. The van der Waals surface area contributed by atoms with E-state index in [2.05, 4.69) is 17.0 Å². The van der Waals surface area contributed by atoms with Crippen LogP contribution in [0.5, 0.6) is 0 Å². The lowest BCUT2D eigenvalue weighted by Crippen LogP contribution is -2.54. The number of nitrogens with zero attached hydrogens (tertiary/aromatic N) is 2. The average molecular weight is 369 g/mol. The summed E-state index contributed by atoms with van der Waals surface area (Å²) in [4.78, 5) is 29.1. The standard InChI is InChI=1S/C21H24N2O2S/c24-19-6-8-21(23(19)15-17-4-2-1-3-5-17)9-11-22(12-10-21)20(25)14-18-7-13-26-16-18/h1-5,7,13,16H,6,8-12,14-15H2. The van der Waals surface area contributed by atoms with E-state index in [0.717, 1.165) is 37.9 Å². The molecule has 136 valence electrons. The molecule has 1 aromatic carbocycles. The van der Waals surface area contributed by atoms with Crippen molar-refractivity contribution in [3.63, 3.8) is 0 Å². The molecule has 3 heterocycles. The monoisotopic (exact) mass is 368 g/mol. The predicted molar refractivity (Wildman–Crippen MR) is 103 cm³/mol. The summed E-state index contributed by atoms with van der Waals surface area (Å²) >= 11 is 1.63. The number of hydrogen-bond acceptors (Lipinski definition) is 3. The van der Waals surface area contributed by atoms with Gasteiger partial charge in [0.05, 0.1) is 6.42 Å². The number of benzene rings is 1. The molecule has 2 aliphatic heterocycles. The lowest BCUT2D eigenvalue weighted by atomic mass is 9.84. The van der Waals surface area contributed by atoms with Crippen LogP contribution in [0.25, 0.3) is 0 Å². The third-order valence-electron chi connectivity index (χ3n) is 5.84. The second-order valence-corrected chi connectivity index (χ2v) is 8.16. The van der Waals surface area contributed by atoms with Crippen LogP contribution in [0.15, 0.2) is 47.2 Å². The van der Waals surface area contributed by atoms with Gasteiger partial charge < -0.3 is 9.80 Å². The fourth-order valence-electron chi connectivity index (χ4n) is 4.27. The molecule has 0 radical (unpaired) electrons. The molecule has 0 unspecified atom stereocenters. The largest absolute Gasteiger partial charge is 0.342 e. The van der Waals surface area contributed by atoms with E-state index in [1.165, 1.54) is 5.56 Å². The second-order valence-electron chi connectivity index (χ2n) is 7.38. The van der Waals surface area contributed by atoms with E-state index >= 15 is 0 Å². The Morgan fingerprint density at radius 3 is 2.50 bits per heavy atom. The Hall–Kier alpha value is -2.14. The summed E-state index contributed by atoms with van der Waals surface area (Å²) < 4.78 is 0. The van der Waals surface area contributed by atoms with Crippen molar-refractivity contribution in [2.24, 2.45) is 0 Å². The molecule has 2 fully saturated rings. The van der Waals surface area contributed by atoms with E-state index in [1.54, 1.807) is 11.3 Å². The summed E-state index contributed by atoms with van der Waals surface area (Å²) in [7, 11) is 0. The van der Waals surface area contributed by atoms with Crippen LogP contribution in [0, 0.1) is 0 Å². The minimum atomic E-state index is -0.0634. The van der Waals surface area contributed by atoms with Gasteiger partial charge in [-0.3, -0.25) is 9.59 Å². The van der Waals surface area contributed by atoms with Gasteiger partial charge in [0.2, 0.25) is 11.8 Å². The normalized spacial score (nSPS) is 19.3. The first-order valence-electron chi connectivity index (χ1n) is 9.30. The number of thiophene rings is 1. The van der Waals surface area contributed by atoms with Crippen molar-refractivity contribution in [2.75, 3.05) is 13.1 Å². The number of rotatable bonds is 4. The minimum absolute atomic E-state index is 0.0634. The van der Waals surface area contributed by atoms with Gasteiger partial charge in [0.1, 0.15) is 0 Å². The van der Waals surface area contributed by atoms with Gasteiger partial charge in [0.25, 0.3) is 0 Å². The van der Waals surface area contributed by atoms with Crippen molar-refractivity contribution in [3.8, 4) is 0 Å². The van der Waals surface area contributed by atoms with Gasteiger partial charge in [-0.15, -0.1) is 0 Å². The molecule has 4 rings (SSSR count). The fourth-order valence-corrected chi connectivity index (χ4v) is 4.94. The number of hydrogen-bond donors (Lipinski definition) is 0. The molecule has 0 N–H and O–H groups in total. The number of likely N-dealkylation sites (tertiary alicyclic amines) is 2. The molecule has 0 saturated carbocycles. The quantitative estimate of drug-likeness (QED) is 0.829. The van der Waals surface area contributed by atoms with Crippen LogP contribution in [0.2, 0.25) is 0 Å². The molecule has 26 heavy (non-hydrogen) atoms. The Morgan fingerprint density at radius 2 is 1.81 bits per heavy atom. The van der Waals surface area contributed by atoms with Crippen molar-refractivity contribution in [1.29, 1.82) is 0 Å². The van der Waals surface area contributed by atoms with Gasteiger partial charge in [-0.1, -0.05) is 30.3 Å². The summed E-state index contributed by atoms with van der Waals surface area (Å²) in [5, 5.41) is 4.06. The number of piperidine rings is 1. The van der Waals surface area contributed by atoms with Gasteiger partial charge >= 0.3 is 0 Å². The minimum Gasteiger partial charge on any atom is -0.342 e. The number of amides is 2. The van der Waals surface area contributed by atoms with Gasteiger partial charge in [-0.25, -0.2) is 0 Å². The van der Waals surface area contributed by atoms with Crippen LogP contribution in [0.1, 0.15) is 36.8 Å². The highest BCUT2D eigenvalue weighted by atomic mass is 32.1. The molecule has 0 aliphatic carbocycles. The zero-order valence-corrected chi connectivity index (χ0v) is 15.7. The van der Waals surface area contributed by atoms with Gasteiger partial charge in [-0.05, 0) is 47.2 Å². The molecule has 2 aromatic rings. The average Bonchev–Trinajstić information content (AvgIpc) is 3.27. The SMILES string of the molecule is O=C(Cc1ccsc1)N1CCC2(CCC(=O)N2Cc2ccccc2)CC1. The topological polar surface area (TPSA) is 40.6 Å². The maximum absolute atomic E-state index is 12.6. The van der Waals surface area contributed by atoms with E-state index in [1.807, 2.05) is 39.9 Å². The summed E-state index contributed by atoms with van der Waals surface area (Å²) in [6, 6.07) is 12.2. The molecular weight excluding hydrogens is 344 g/mol. The highest BCUT2D eigenvalue weighted by Gasteiger charge is 2.47. The highest BCUT2D eigenvalue weighted by Crippen LogP contribution is 2.40. The third kappa shape index (κ3) is 3.40. The van der Waals surface area contributed by atoms with E-state index in [4.69, 9.17) is 0 Å². The van der Waals surface area contributed by atoms with Crippen LogP contribution >= 0.6 is 11.3 Å². The molecule has 1 spiro atoms. The van der Waals surface area contributed by atoms with E-state index in [-0.39, 0.29) is 17.4 Å². The van der Waals surface area contributed by atoms with Crippen molar-refractivity contribution < 1.29 is 9.59 Å². The molecular formula is C21H24N2O2S. The van der Waals surface area contributed by atoms with Crippen molar-refractivity contribution in [3.05, 3.63) is 58.3 Å². The zero-order chi connectivity index (χ0) is 18.0. The van der Waals surface area contributed by atoms with Gasteiger partial charge in [0, 0.05) is 31.6 Å². The Morgan fingerprint density at radius 1 is 1.04 bits per heavy atom. The molecule has 1 aromatic heterocycles. The Balaban J connectivity index is 1.41. The van der Waals surface area contributed by atoms with E-state index in [0.29, 0.717) is 19.4 Å². The molecule has 2 amide bonds. The van der Waals surface area contributed by atoms with Crippen LogP contribution in [0.3, 0.4) is 0 Å². The second kappa shape index (κ2) is 7.23. The highest BCUT2D eigenvalue weighted by molar-refractivity contribution is 7.08. The molecule has 5 heteroatoms. The first kappa shape index (κ1) is 17.3. The van der Waals surface area contributed by atoms with E-state index in [9.17, 15) is 9.59 Å². The first-order chi connectivity index (χ1) is 12.7. The molecule has 0 atom stereocenters. The van der Waals surface area contributed by atoms with Crippen molar-refractivity contribution in [2.45, 2.75) is 44.2 Å². The predicted octanol–water partition coefficient (Wildman–Crippen LogP) is 3.47. The molecule has 2 aliphatic rings. The van der Waals surface area contributed by atoms with E-state index < -0.39 is 0 Å². The zero-order valence-electron chi connectivity index (χ0n) is 14.9. The lowest BCUT2D eigenvalue weighted by molar-refractivity contribution is -0.136. The Labute approximate surface area is 158 Å². The smallest absolute Gasteiger partial charge is 0.227 e. The summed E-state index contributed by atoms with van der Waals surface area (Å²) in [5.41, 5.74) is 2.21. The van der Waals surface area contributed by atoms with Crippen LogP contribution < -0.4 is 0 Å². The maximum Gasteiger partial charge on any atom is 0.227 e. The molecule has 2 saturated heterocycles. The number of carbonyl (C=O) groups is 2. The summed E-state index contributed by atoms with van der Waals surface area (Å²) in [5.74, 6) is 0.462. The summed E-state index contributed by atoms with van der Waals surface area (Å²) in [6.45, 7) is 2.19. The van der Waals surface area contributed by atoms with Crippen LogP contribution in [-0.2, 0) is 22.6 Å². The summed E-state index contributed by atoms with van der Waals surface area (Å²) in [6.07, 6.45) is 3.83. The fraction of sp³-hybridized carbons (Fsp3) is 0.429. The van der Waals surface area contributed by atoms with Crippen molar-refractivity contribution in [1.82, 2.24) is 9.80 Å². The van der Waals surface area contributed by atoms with Gasteiger partial charge in [-0.2, -0.15) is 11.3 Å².